The number of aryl methyl sites for hydroxylation is 1. The number of aliphatic hydroxyl groups excluding tert-OH is 1. The number of rotatable bonds is 5. The highest BCUT2D eigenvalue weighted by molar-refractivity contribution is 5.81. The Morgan fingerprint density at radius 3 is 3.04 bits per heavy atom. The summed E-state index contributed by atoms with van der Waals surface area (Å²) < 4.78 is 11.0. The second kappa shape index (κ2) is 7.15. The van der Waals surface area contributed by atoms with Crippen molar-refractivity contribution in [1.82, 2.24) is 4.90 Å². The van der Waals surface area contributed by atoms with Gasteiger partial charge in [0.15, 0.2) is 0 Å². The van der Waals surface area contributed by atoms with Gasteiger partial charge in [-0.3, -0.25) is 4.90 Å². The fourth-order valence-corrected chi connectivity index (χ4v) is 3.24. The van der Waals surface area contributed by atoms with Gasteiger partial charge < -0.3 is 14.3 Å². The number of piperidine rings is 1. The lowest BCUT2D eigenvalue weighted by Crippen LogP contribution is -2.43. The van der Waals surface area contributed by atoms with E-state index in [1.807, 2.05) is 19.1 Å². The van der Waals surface area contributed by atoms with E-state index in [4.69, 9.17) is 9.15 Å². The monoisotopic (exact) mass is 317 g/mol. The van der Waals surface area contributed by atoms with Crippen LogP contribution < -0.4 is 10.4 Å². The molecular weight excluding hydrogens is 294 g/mol. The van der Waals surface area contributed by atoms with E-state index in [9.17, 15) is 9.90 Å². The summed E-state index contributed by atoms with van der Waals surface area (Å²) in [5, 5.41) is 10.3. The third kappa shape index (κ3) is 3.74. The van der Waals surface area contributed by atoms with Crippen molar-refractivity contribution in [3.05, 3.63) is 40.2 Å². The van der Waals surface area contributed by atoms with Crippen molar-refractivity contribution in [3.8, 4) is 5.75 Å². The molecule has 0 saturated carbocycles. The van der Waals surface area contributed by atoms with E-state index in [1.165, 1.54) is 18.9 Å². The summed E-state index contributed by atoms with van der Waals surface area (Å²) in [5.74, 6) is 0.698. The van der Waals surface area contributed by atoms with E-state index in [0.717, 1.165) is 30.5 Å². The third-order valence-corrected chi connectivity index (χ3v) is 4.53. The Kier molecular flexibility index (Phi) is 4.98. The molecule has 124 valence electrons. The Balaban J connectivity index is 1.64. The van der Waals surface area contributed by atoms with Crippen LogP contribution in [0.2, 0.25) is 0 Å². The van der Waals surface area contributed by atoms with Crippen LogP contribution in [0.25, 0.3) is 11.0 Å². The molecule has 5 nitrogen and oxygen atoms in total. The van der Waals surface area contributed by atoms with Crippen molar-refractivity contribution < 1.29 is 14.3 Å². The summed E-state index contributed by atoms with van der Waals surface area (Å²) in [4.78, 5) is 13.8. The summed E-state index contributed by atoms with van der Waals surface area (Å²) in [6, 6.07) is 7.33. The molecule has 3 rings (SSSR count). The standard InChI is InChI=1S/C18H23NO4/c1-13-10-18(21)23-17-11-15(5-6-16(13)17)22-9-8-19-7-3-2-4-14(19)12-20/h5-6,10-11,14,20H,2-4,7-9,12H2,1H3. The molecule has 1 N–H and O–H groups in total. The molecule has 0 radical (unpaired) electrons. The number of hydrogen-bond donors (Lipinski definition) is 1. The highest BCUT2D eigenvalue weighted by Gasteiger charge is 2.21. The van der Waals surface area contributed by atoms with Crippen LogP contribution in [0.4, 0.5) is 0 Å². The number of hydrogen-bond acceptors (Lipinski definition) is 5. The van der Waals surface area contributed by atoms with Gasteiger partial charge in [-0.2, -0.15) is 0 Å². The van der Waals surface area contributed by atoms with Crippen molar-refractivity contribution in [1.29, 1.82) is 0 Å². The maximum Gasteiger partial charge on any atom is 0.336 e. The van der Waals surface area contributed by atoms with Gasteiger partial charge in [0.05, 0.1) is 6.61 Å². The van der Waals surface area contributed by atoms with Gasteiger partial charge in [-0.1, -0.05) is 6.42 Å². The molecule has 1 atom stereocenters. The molecule has 2 heterocycles. The molecule has 1 aromatic carbocycles. The molecule has 1 aliphatic rings. The summed E-state index contributed by atoms with van der Waals surface area (Å²) in [7, 11) is 0. The van der Waals surface area contributed by atoms with Crippen LogP contribution in [0, 0.1) is 6.92 Å². The first-order valence-corrected chi connectivity index (χ1v) is 8.19. The van der Waals surface area contributed by atoms with Crippen LogP contribution in [0.5, 0.6) is 5.75 Å². The van der Waals surface area contributed by atoms with E-state index in [0.29, 0.717) is 17.9 Å². The molecule has 0 amide bonds. The van der Waals surface area contributed by atoms with Crippen molar-refractivity contribution >= 4 is 11.0 Å². The number of benzene rings is 1. The van der Waals surface area contributed by atoms with Crippen LogP contribution in [0.15, 0.2) is 33.5 Å². The van der Waals surface area contributed by atoms with E-state index in [-0.39, 0.29) is 18.3 Å². The first kappa shape index (κ1) is 16.0. The van der Waals surface area contributed by atoms with E-state index in [1.54, 1.807) is 6.07 Å². The molecule has 5 heteroatoms. The zero-order chi connectivity index (χ0) is 16.2. The van der Waals surface area contributed by atoms with E-state index in [2.05, 4.69) is 4.90 Å². The average Bonchev–Trinajstić information content (AvgIpc) is 2.55. The number of ether oxygens (including phenoxy) is 1. The Bertz CT molecular complexity index is 725. The van der Waals surface area contributed by atoms with Crippen LogP contribution >= 0.6 is 0 Å². The molecule has 1 fully saturated rings. The van der Waals surface area contributed by atoms with Gasteiger partial charge in [0, 0.05) is 30.1 Å². The highest BCUT2D eigenvalue weighted by atomic mass is 16.5. The molecule has 1 aliphatic heterocycles. The SMILES string of the molecule is Cc1cc(=O)oc2cc(OCCN3CCCCC3CO)ccc12. The molecule has 0 aliphatic carbocycles. The minimum absolute atomic E-state index is 0.209. The topological polar surface area (TPSA) is 62.9 Å². The highest BCUT2D eigenvalue weighted by Crippen LogP contribution is 2.22. The van der Waals surface area contributed by atoms with Gasteiger partial charge in [0.2, 0.25) is 0 Å². The minimum atomic E-state index is -0.341. The van der Waals surface area contributed by atoms with E-state index < -0.39 is 0 Å². The van der Waals surface area contributed by atoms with E-state index >= 15 is 0 Å². The minimum Gasteiger partial charge on any atom is -0.492 e. The normalized spacial score (nSPS) is 19.1. The van der Waals surface area contributed by atoms with Crippen molar-refractivity contribution in [2.75, 3.05) is 26.3 Å². The number of aliphatic hydroxyl groups is 1. The third-order valence-electron chi connectivity index (χ3n) is 4.53. The molecule has 1 unspecified atom stereocenters. The maximum atomic E-state index is 11.5. The Morgan fingerprint density at radius 2 is 2.22 bits per heavy atom. The first-order chi connectivity index (χ1) is 11.2. The molecule has 0 bridgehead atoms. The van der Waals surface area contributed by atoms with Gasteiger partial charge >= 0.3 is 5.63 Å². The smallest absolute Gasteiger partial charge is 0.336 e. The summed E-state index contributed by atoms with van der Waals surface area (Å²) >= 11 is 0. The largest absolute Gasteiger partial charge is 0.492 e. The van der Waals surface area contributed by atoms with Crippen LogP contribution in [0.1, 0.15) is 24.8 Å². The molecule has 1 saturated heterocycles. The fourth-order valence-electron chi connectivity index (χ4n) is 3.24. The summed E-state index contributed by atoms with van der Waals surface area (Å²) in [6.07, 6.45) is 3.42. The predicted molar refractivity (Wildman–Crippen MR) is 89.0 cm³/mol. The lowest BCUT2D eigenvalue weighted by molar-refractivity contribution is 0.0773. The number of likely N-dealkylation sites (tertiary alicyclic amines) is 1. The zero-order valence-electron chi connectivity index (χ0n) is 13.5. The second-order valence-corrected chi connectivity index (χ2v) is 6.12. The Labute approximate surface area is 135 Å². The zero-order valence-corrected chi connectivity index (χ0v) is 13.5. The fraction of sp³-hybridized carbons (Fsp3) is 0.500. The van der Waals surface area contributed by atoms with Gasteiger partial charge in [0.1, 0.15) is 17.9 Å². The lowest BCUT2D eigenvalue weighted by Gasteiger charge is -2.34. The van der Waals surface area contributed by atoms with Crippen molar-refractivity contribution in [2.45, 2.75) is 32.2 Å². The molecular formula is C18H23NO4. The van der Waals surface area contributed by atoms with Crippen molar-refractivity contribution in [2.24, 2.45) is 0 Å². The lowest BCUT2D eigenvalue weighted by atomic mass is 10.0. The predicted octanol–water partition coefficient (Wildman–Crippen LogP) is 2.33. The second-order valence-electron chi connectivity index (χ2n) is 6.12. The number of fused-ring (bicyclic) bond motifs is 1. The maximum absolute atomic E-state index is 11.5. The number of nitrogens with zero attached hydrogens (tertiary/aromatic N) is 1. The van der Waals surface area contributed by atoms with Gasteiger partial charge in [-0.15, -0.1) is 0 Å². The Morgan fingerprint density at radius 1 is 1.35 bits per heavy atom. The molecule has 0 spiro atoms. The molecule has 1 aromatic heterocycles. The van der Waals surface area contributed by atoms with Gasteiger partial charge in [-0.05, 0) is 44.0 Å². The first-order valence-electron chi connectivity index (χ1n) is 8.19. The summed E-state index contributed by atoms with van der Waals surface area (Å²) in [5.41, 5.74) is 1.12. The average molecular weight is 317 g/mol. The van der Waals surface area contributed by atoms with Crippen LogP contribution in [-0.4, -0.2) is 42.4 Å². The van der Waals surface area contributed by atoms with Crippen LogP contribution in [-0.2, 0) is 0 Å². The Hall–Kier alpha value is -1.85. The van der Waals surface area contributed by atoms with Gasteiger partial charge in [0.25, 0.3) is 0 Å². The quantitative estimate of drug-likeness (QED) is 0.858. The van der Waals surface area contributed by atoms with Gasteiger partial charge in [-0.25, -0.2) is 4.79 Å². The molecule has 2 aromatic rings. The van der Waals surface area contributed by atoms with Crippen molar-refractivity contribution in [3.63, 3.8) is 0 Å². The van der Waals surface area contributed by atoms with Crippen LogP contribution in [0.3, 0.4) is 0 Å². The molecule has 23 heavy (non-hydrogen) atoms. The summed E-state index contributed by atoms with van der Waals surface area (Å²) in [6.45, 7) is 4.46.